The second-order valence-corrected chi connectivity index (χ2v) is 7.60. The molecule has 1 aromatic carbocycles. The molecule has 0 saturated carbocycles. The van der Waals surface area contributed by atoms with Crippen LogP contribution in [0.1, 0.15) is 49.1 Å². The number of pyridine rings is 1. The van der Waals surface area contributed by atoms with Gasteiger partial charge in [0.1, 0.15) is 0 Å². The molecule has 0 spiro atoms. The topological polar surface area (TPSA) is 24.9 Å². The lowest BCUT2D eigenvalue weighted by Crippen LogP contribution is -2.39. The van der Waals surface area contributed by atoms with Gasteiger partial charge in [-0.15, -0.1) is 0 Å². The van der Waals surface area contributed by atoms with E-state index in [0.29, 0.717) is 12.1 Å². The van der Waals surface area contributed by atoms with Crippen LogP contribution in [0.25, 0.3) is 5.57 Å². The quantitative estimate of drug-likeness (QED) is 0.746. The lowest BCUT2D eigenvalue weighted by Gasteiger charge is -2.31. The molecule has 0 radical (unpaired) electrons. The Bertz CT molecular complexity index is 797. The van der Waals surface area contributed by atoms with Crippen molar-refractivity contribution in [1.29, 1.82) is 0 Å². The highest BCUT2D eigenvalue weighted by Crippen LogP contribution is 2.39. The van der Waals surface area contributed by atoms with E-state index in [4.69, 9.17) is 16.6 Å². The van der Waals surface area contributed by atoms with Crippen LogP contribution in [0.15, 0.2) is 42.1 Å². The Labute approximate surface area is 149 Å². The number of hydrogen-bond donors (Lipinski definition) is 1. The highest BCUT2D eigenvalue weighted by atomic mass is 35.5. The zero-order chi connectivity index (χ0) is 16.7. The van der Waals surface area contributed by atoms with Crippen LogP contribution < -0.4 is 5.32 Å². The van der Waals surface area contributed by atoms with E-state index in [0.717, 1.165) is 30.7 Å². The van der Waals surface area contributed by atoms with Crippen molar-refractivity contribution in [3.63, 3.8) is 0 Å². The summed E-state index contributed by atoms with van der Waals surface area (Å²) in [4.78, 5) is 4.80. The van der Waals surface area contributed by atoms with Crippen LogP contribution in [0.2, 0.25) is 5.02 Å². The fourth-order valence-corrected chi connectivity index (χ4v) is 4.46. The number of halogens is 1. The van der Waals surface area contributed by atoms with E-state index in [-0.39, 0.29) is 0 Å². The van der Waals surface area contributed by atoms with E-state index >= 15 is 0 Å². The van der Waals surface area contributed by atoms with Crippen LogP contribution in [0, 0.1) is 0 Å². The second kappa shape index (κ2) is 6.34. The van der Waals surface area contributed by atoms with Crippen molar-refractivity contribution < 1.29 is 0 Å². The van der Waals surface area contributed by atoms with Gasteiger partial charge < -0.3 is 5.32 Å². The molecule has 3 heteroatoms. The Balaban J connectivity index is 1.97. The third-order valence-corrected chi connectivity index (χ3v) is 5.39. The Kier molecular flexibility index (Phi) is 4.19. The third kappa shape index (κ3) is 2.89. The maximum Gasteiger partial charge on any atom is 0.0739 e. The smallest absolute Gasteiger partial charge is 0.0739 e. The van der Waals surface area contributed by atoms with E-state index in [1.54, 1.807) is 0 Å². The van der Waals surface area contributed by atoms with Crippen LogP contribution in [-0.4, -0.2) is 17.1 Å². The van der Waals surface area contributed by atoms with E-state index in [2.05, 4.69) is 43.4 Å². The number of piperidine rings is 1. The predicted molar refractivity (Wildman–Crippen MR) is 100 cm³/mol. The minimum absolute atomic E-state index is 0.502. The molecule has 124 valence electrons. The van der Waals surface area contributed by atoms with Crippen LogP contribution >= 0.6 is 11.6 Å². The van der Waals surface area contributed by atoms with Crippen LogP contribution in [-0.2, 0) is 12.8 Å². The number of hydrogen-bond acceptors (Lipinski definition) is 2. The zero-order valence-corrected chi connectivity index (χ0v) is 15.0. The number of benzene rings is 1. The van der Waals surface area contributed by atoms with Gasteiger partial charge in [0.25, 0.3) is 0 Å². The van der Waals surface area contributed by atoms with Crippen molar-refractivity contribution >= 4 is 17.2 Å². The Morgan fingerprint density at radius 1 is 1.04 bits per heavy atom. The number of aromatic nitrogens is 1. The van der Waals surface area contributed by atoms with E-state index < -0.39 is 0 Å². The molecular weight excluding hydrogens is 316 g/mol. The molecule has 2 unspecified atom stereocenters. The standard InChI is InChI=1S/C21H23ClN2/c1-13-10-17(11-14(2)24-13)20-19-8-7-18(22)12-16(19)6-5-15-4-3-9-23-21(15)20/h3-4,7-9,12-14,24H,5-6,10-11H2,1-2H3. The van der Waals surface area contributed by atoms with Gasteiger partial charge in [0.2, 0.25) is 0 Å². The number of nitrogens with zero attached hydrogens (tertiary/aromatic N) is 1. The van der Waals surface area contributed by atoms with Crippen LogP contribution in [0.3, 0.4) is 0 Å². The van der Waals surface area contributed by atoms with Gasteiger partial charge in [-0.2, -0.15) is 0 Å². The van der Waals surface area contributed by atoms with Crippen molar-refractivity contribution in [2.45, 2.75) is 51.6 Å². The number of nitrogens with one attached hydrogen (secondary N) is 1. The van der Waals surface area contributed by atoms with E-state index in [1.165, 1.54) is 33.5 Å². The van der Waals surface area contributed by atoms with Gasteiger partial charge in [0.05, 0.1) is 5.69 Å². The summed E-state index contributed by atoms with van der Waals surface area (Å²) < 4.78 is 0. The lowest BCUT2D eigenvalue weighted by atomic mass is 9.85. The van der Waals surface area contributed by atoms with Crippen LogP contribution in [0.4, 0.5) is 0 Å². The summed E-state index contributed by atoms with van der Waals surface area (Å²) in [5.41, 5.74) is 8.09. The molecule has 1 N–H and O–H groups in total. The summed E-state index contributed by atoms with van der Waals surface area (Å²) >= 11 is 6.28. The lowest BCUT2D eigenvalue weighted by molar-refractivity contribution is 0.412. The SMILES string of the molecule is CC1CC(=C2c3ccc(Cl)cc3CCc3cccnc32)CC(C)N1. The second-order valence-electron chi connectivity index (χ2n) is 7.17. The average Bonchev–Trinajstić information content (AvgIpc) is 2.70. The Morgan fingerprint density at radius 3 is 2.58 bits per heavy atom. The van der Waals surface area contributed by atoms with E-state index in [1.807, 2.05) is 12.3 Å². The summed E-state index contributed by atoms with van der Waals surface area (Å²) in [7, 11) is 0. The first-order valence-electron chi connectivity index (χ1n) is 8.83. The normalized spacial score (nSPS) is 23.5. The van der Waals surface area contributed by atoms with Gasteiger partial charge in [-0.3, -0.25) is 4.98 Å². The maximum absolute atomic E-state index is 6.28. The molecule has 0 bridgehead atoms. The van der Waals surface area contributed by atoms with Crippen molar-refractivity contribution in [2.75, 3.05) is 0 Å². The molecule has 1 aromatic heterocycles. The highest BCUT2D eigenvalue weighted by molar-refractivity contribution is 6.30. The first-order chi connectivity index (χ1) is 11.6. The molecule has 1 aliphatic heterocycles. The molecule has 2 aliphatic rings. The monoisotopic (exact) mass is 338 g/mol. The number of rotatable bonds is 0. The third-order valence-electron chi connectivity index (χ3n) is 5.16. The summed E-state index contributed by atoms with van der Waals surface area (Å²) in [6.45, 7) is 4.55. The predicted octanol–water partition coefficient (Wildman–Crippen LogP) is 4.80. The first kappa shape index (κ1) is 15.9. The average molecular weight is 339 g/mol. The van der Waals surface area contributed by atoms with Gasteiger partial charge in [0, 0.05) is 28.9 Å². The molecule has 24 heavy (non-hydrogen) atoms. The fourth-order valence-electron chi connectivity index (χ4n) is 4.26. The fraction of sp³-hybridized carbons (Fsp3) is 0.381. The van der Waals surface area contributed by atoms with Gasteiger partial charge in [-0.25, -0.2) is 0 Å². The van der Waals surface area contributed by atoms with E-state index in [9.17, 15) is 0 Å². The highest BCUT2D eigenvalue weighted by Gasteiger charge is 2.26. The minimum atomic E-state index is 0.502. The molecule has 2 aromatic rings. The first-order valence-corrected chi connectivity index (χ1v) is 9.20. The maximum atomic E-state index is 6.28. The molecule has 1 saturated heterocycles. The number of fused-ring (bicyclic) bond motifs is 2. The molecule has 1 fully saturated rings. The summed E-state index contributed by atoms with van der Waals surface area (Å²) in [5.74, 6) is 0. The molecule has 2 atom stereocenters. The van der Waals surface area contributed by atoms with Gasteiger partial charge in [0.15, 0.2) is 0 Å². The van der Waals surface area contributed by atoms with Crippen molar-refractivity contribution in [3.8, 4) is 0 Å². The largest absolute Gasteiger partial charge is 0.311 e. The number of aryl methyl sites for hydroxylation is 2. The van der Waals surface area contributed by atoms with Gasteiger partial charge in [-0.05, 0) is 74.4 Å². The Morgan fingerprint density at radius 2 is 1.79 bits per heavy atom. The molecule has 1 aliphatic carbocycles. The summed E-state index contributed by atoms with van der Waals surface area (Å²) in [6.07, 6.45) is 6.13. The summed E-state index contributed by atoms with van der Waals surface area (Å²) in [5, 5.41) is 4.47. The van der Waals surface area contributed by atoms with Crippen molar-refractivity contribution in [3.05, 3.63) is 69.5 Å². The Hall–Kier alpha value is -1.64. The summed E-state index contributed by atoms with van der Waals surface area (Å²) in [6, 6.07) is 11.6. The van der Waals surface area contributed by atoms with Crippen molar-refractivity contribution in [2.24, 2.45) is 0 Å². The molecule has 2 nitrogen and oxygen atoms in total. The minimum Gasteiger partial charge on any atom is -0.311 e. The molecule has 4 rings (SSSR count). The molecule has 0 amide bonds. The van der Waals surface area contributed by atoms with Crippen molar-refractivity contribution in [1.82, 2.24) is 10.3 Å². The molecule has 2 heterocycles. The molecular formula is C21H23ClN2. The van der Waals surface area contributed by atoms with Gasteiger partial charge in [-0.1, -0.05) is 29.3 Å². The van der Waals surface area contributed by atoms with Gasteiger partial charge >= 0.3 is 0 Å². The van der Waals surface area contributed by atoms with Crippen LogP contribution in [0.5, 0.6) is 0 Å². The zero-order valence-electron chi connectivity index (χ0n) is 14.3.